The number of benzene rings is 1. The Labute approximate surface area is 114 Å². The van der Waals surface area contributed by atoms with Crippen molar-refractivity contribution >= 4 is 11.6 Å². The Morgan fingerprint density at radius 1 is 1.47 bits per heavy atom. The summed E-state index contributed by atoms with van der Waals surface area (Å²) in [6, 6.07) is 5.22. The van der Waals surface area contributed by atoms with Crippen molar-refractivity contribution in [3.63, 3.8) is 0 Å². The number of nitrogens with zero attached hydrogens (tertiary/aromatic N) is 1. The number of likely N-dealkylation sites (tertiary alicyclic amines) is 1. The van der Waals surface area contributed by atoms with Gasteiger partial charge in [0.25, 0.3) is 5.91 Å². The second-order valence-corrected chi connectivity index (χ2v) is 5.50. The quantitative estimate of drug-likeness (QED) is 0.851. The molecule has 4 heteroatoms. The van der Waals surface area contributed by atoms with Gasteiger partial charge in [-0.15, -0.1) is 0 Å². The molecule has 1 unspecified atom stereocenters. The van der Waals surface area contributed by atoms with E-state index in [4.69, 9.17) is 10.5 Å². The van der Waals surface area contributed by atoms with E-state index >= 15 is 0 Å². The smallest absolute Gasteiger partial charge is 0.253 e. The Morgan fingerprint density at radius 3 is 2.74 bits per heavy atom. The van der Waals surface area contributed by atoms with Crippen LogP contribution in [0.4, 0.5) is 5.69 Å². The van der Waals surface area contributed by atoms with Crippen LogP contribution in [-0.4, -0.2) is 31.0 Å². The molecule has 0 bridgehead atoms. The second kappa shape index (κ2) is 5.51. The molecule has 0 aromatic heterocycles. The van der Waals surface area contributed by atoms with Gasteiger partial charge in [0.05, 0.1) is 12.8 Å². The maximum Gasteiger partial charge on any atom is 0.253 e. The number of rotatable bonds is 3. The van der Waals surface area contributed by atoms with Crippen molar-refractivity contribution in [3.05, 3.63) is 23.8 Å². The van der Waals surface area contributed by atoms with Crippen LogP contribution < -0.4 is 10.5 Å². The van der Waals surface area contributed by atoms with Crippen LogP contribution in [0, 0.1) is 11.8 Å². The number of carbonyl (C=O) groups is 1. The molecule has 2 N–H and O–H groups in total. The van der Waals surface area contributed by atoms with Crippen molar-refractivity contribution in [3.8, 4) is 5.75 Å². The van der Waals surface area contributed by atoms with Gasteiger partial charge in [0, 0.05) is 18.7 Å². The lowest BCUT2D eigenvalue weighted by atomic mass is 9.95. The van der Waals surface area contributed by atoms with E-state index in [1.807, 2.05) is 4.90 Å². The summed E-state index contributed by atoms with van der Waals surface area (Å²) in [5.74, 6) is 1.91. The lowest BCUT2D eigenvalue weighted by molar-refractivity contribution is 0.0784. The third kappa shape index (κ3) is 2.83. The average molecular weight is 262 g/mol. The predicted molar refractivity (Wildman–Crippen MR) is 76.3 cm³/mol. The Morgan fingerprint density at radius 2 is 2.21 bits per heavy atom. The van der Waals surface area contributed by atoms with Crippen LogP contribution in [0.1, 0.15) is 30.6 Å². The number of carbonyl (C=O) groups excluding carboxylic acids is 1. The number of anilines is 1. The van der Waals surface area contributed by atoms with E-state index in [9.17, 15) is 4.79 Å². The Kier molecular flexibility index (Phi) is 3.98. The fourth-order valence-electron chi connectivity index (χ4n) is 2.57. The van der Waals surface area contributed by atoms with Gasteiger partial charge in [-0.3, -0.25) is 4.79 Å². The van der Waals surface area contributed by atoms with Crippen molar-refractivity contribution in [1.82, 2.24) is 4.90 Å². The molecule has 1 amide bonds. The molecule has 1 atom stereocenters. The summed E-state index contributed by atoms with van der Waals surface area (Å²) in [5, 5.41) is 0. The second-order valence-electron chi connectivity index (χ2n) is 5.50. The van der Waals surface area contributed by atoms with E-state index in [0.717, 1.165) is 19.5 Å². The molecule has 1 heterocycles. The molecule has 1 aliphatic rings. The lowest BCUT2D eigenvalue weighted by Crippen LogP contribution is -2.29. The van der Waals surface area contributed by atoms with Crippen LogP contribution in [0.5, 0.6) is 5.75 Å². The molecular formula is C15H22N2O2. The van der Waals surface area contributed by atoms with Crippen LogP contribution >= 0.6 is 0 Å². The highest BCUT2D eigenvalue weighted by molar-refractivity contribution is 5.95. The van der Waals surface area contributed by atoms with Gasteiger partial charge in [-0.05, 0) is 36.5 Å². The Hall–Kier alpha value is -1.71. The van der Waals surface area contributed by atoms with Gasteiger partial charge >= 0.3 is 0 Å². The van der Waals surface area contributed by atoms with Crippen LogP contribution in [0.15, 0.2) is 18.2 Å². The summed E-state index contributed by atoms with van der Waals surface area (Å²) < 4.78 is 5.10. The number of nitrogen functional groups attached to an aromatic ring is 1. The van der Waals surface area contributed by atoms with Crippen LogP contribution in [-0.2, 0) is 0 Å². The van der Waals surface area contributed by atoms with Gasteiger partial charge in [-0.2, -0.15) is 0 Å². The predicted octanol–water partition coefficient (Wildman–Crippen LogP) is 2.40. The first-order chi connectivity index (χ1) is 9.02. The topological polar surface area (TPSA) is 55.6 Å². The fourth-order valence-corrected chi connectivity index (χ4v) is 2.57. The molecule has 1 aromatic rings. The number of ether oxygens (including phenoxy) is 1. The standard InChI is InChI=1S/C15H22N2O2/c1-10(2)12-6-7-17(9-12)15(18)11-4-5-14(19-3)13(16)8-11/h4-5,8,10,12H,6-7,9,16H2,1-3H3. The first kappa shape index (κ1) is 13.7. The van der Waals surface area contributed by atoms with Crippen LogP contribution in [0.3, 0.4) is 0 Å². The normalized spacial score (nSPS) is 18.9. The minimum Gasteiger partial charge on any atom is -0.495 e. The summed E-state index contributed by atoms with van der Waals surface area (Å²) in [5.41, 5.74) is 7.00. The molecule has 19 heavy (non-hydrogen) atoms. The molecule has 0 saturated carbocycles. The number of hydrogen-bond donors (Lipinski definition) is 1. The van der Waals surface area contributed by atoms with E-state index in [1.54, 1.807) is 25.3 Å². The molecule has 4 nitrogen and oxygen atoms in total. The van der Waals surface area contributed by atoms with Crippen molar-refractivity contribution in [2.45, 2.75) is 20.3 Å². The van der Waals surface area contributed by atoms with E-state index in [2.05, 4.69) is 13.8 Å². The summed E-state index contributed by atoms with van der Waals surface area (Å²) in [7, 11) is 1.57. The maximum absolute atomic E-state index is 12.4. The zero-order valence-electron chi connectivity index (χ0n) is 11.8. The Bertz CT molecular complexity index is 471. The Balaban J connectivity index is 2.10. The number of amides is 1. The van der Waals surface area contributed by atoms with Crippen molar-refractivity contribution in [2.24, 2.45) is 11.8 Å². The minimum absolute atomic E-state index is 0.0671. The molecular weight excluding hydrogens is 240 g/mol. The highest BCUT2D eigenvalue weighted by Gasteiger charge is 2.28. The first-order valence-corrected chi connectivity index (χ1v) is 6.75. The van der Waals surface area contributed by atoms with Crippen molar-refractivity contribution in [1.29, 1.82) is 0 Å². The maximum atomic E-state index is 12.4. The van der Waals surface area contributed by atoms with Gasteiger partial charge in [0.15, 0.2) is 0 Å². The SMILES string of the molecule is COc1ccc(C(=O)N2CCC(C(C)C)C2)cc1N. The van der Waals surface area contributed by atoms with Crippen molar-refractivity contribution in [2.75, 3.05) is 25.9 Å². The molecule has 0 radical (unpaired) electrons. The molecule has 1 fully saturated rings. The third-order valence-corrected chi connectivity index (χ3v) is 3.93. The largest absolute Gasteiger partial charge is 0.495 e. The lowest BCUT2D eigenvalue weighted by Gasteiger charge is -2.18. The van der Waals surface area contributed by atoms with Crippen LogP contribution in [0.2, 0.25) is 0 Å². The average Bonchev–Trinajstić information content (AvgIpc) is 2.87. The molecule has 104 valence electrons. The van der Waals surface area contributed by atoms with Gasteiger partial charge in [-0.1, -0.05) is 13.8 Å². The highest BCUT2D eigenvalue weighted by Crippen LogP contribution is 2.27. The molecule has 0 aliphatic carbocycles. The zero-order chi connectivity index (χ0) is 14.0. The van der Waals surface area contributed by atoms with Crippen molar-refractivity contribution < 1.29 is 9.53 Å². The summed E-state index contributed by atoms with van der Waals surface area (Å²) in [6.07, 6.45) is 1.09. The number of hydrogen-bond acceptors (Lipinski definition) is 3. The van der Waals surface area contributed by atoms with Crippen LogP contribution in [0.25, 0.3) is 0 Å². The van der Waals surface area contributed by atoms with E-state index in [-0.39, 0.29) is 5.91 Å². The number of methoxy groups -OCH3 is 1. The van der Waals surface area contributed by atoms with E-state index in [0.29, 0.717) is 28.8 Å². The highest BCUT2D eigenvalue weighted by atomic mass is 16.5. The summed E-state index contributed by atoms with van der Waals surface area (Å²) in [6.45, 7) is 6.12. The summed E-state index contributed by atoms with van der Waals surface area (Å²) >= 11 is 0. The molecule has 1 aromatic carbocycles. The summed E-state index contributed by atoms with van der Waals surface area (Å²) in [4.78, 5) is 14.3. The fraction of sp³-hybridized carbons (Fsp3) is 0.533. The first-order valence-electron chi connectivity index (χ1n) is 6.75. The minimum atomic E-state index is 0.0671. The third-order valence-electron chi connectivity index (χ3n) is 3.93. The van der Waals surface area contributed by atoms with Gasteiger partial charge in [-0.25, -0.2) is 0 Å². The van der Waals surface area contributed by atoms with Gasteiger partial charge in [0.2, 0.25) is 0 Å². The van der Waals surface area contributed by atoms with E-state index in [1.165, 1.54) is 0 Å². The molecule has 1 aliphatic heterocycles. The molecule has 1 saturated heterocycles. The molecule has 2 rings (SSSR count). The van der Waals surface area contributed by atoms with E-state index < -0.39 is 0 Å². The molecule has 0 spiro atoms. The zero-order valence-corrected chi connectivity index (χ0v) is 11.8. The van der Waals surface area contributed by atoms with Gasteiger partial charge in [0.1, 0.15) is 5.75 Å². The number of nitrogens with two attached hydrogens (primary N) is 1. The monoisotopic (exact) mass is 262 g/mol. The van der Waals surface area contributed by atoms with Gasteiger partial charge < -0.3 is 15.4 Å².